The maximum atomic E-state index is 11.9. The van der Waals surface area contributed by atoms with Gasteiger partial charge in [0.05, 0.1) is 5.92 Å². The van der Waals surface area contributed by atoms with E-state index in [1.54, 1.807) is 6.92 Å². The average Bonchev–Trinajstić information content (AvgIpc) is 3.08. The molecule has 0 aromatic carbocycles. The third kappa shape index (κ3) is 3.03. The minimum Gasteiger partial charge on any atom is -0.481 e. The van der Waals surface area contributed by atoms with Crippen molar-refractivity contribution in [1.82, 2.24) is 5.32 Å². The zero-order chi connectivity index (χ0) is 13.1. The maximum Gasteiger partial charge on any atom is 0.306 e. The minimum atomic E-state index is -0.755. The highest BCUT2D eigenvalue weighted by atomic mass is 16.4. The molecule has 0 bridgehead atoms. The molecule has 0 aromatic heterocycles. The van der Waals surface area contributed by atoms with Crippen molar-refractivity contribution >= 4 is 11.9 Å². The third-order valence-electron chi connectivity index (χ3n) is 4.49. The monoisotopic (exact) mass is 253 g/mol. The lowest BCUT2D eigenvalue weighted by Crippen LogP contribution is -2.27. The van der Waals surface area contributed by atoms with Gasteiger partial charge in [-0.15, -0.1) is 0 Å². The van der Waals surface area contributed by atoms with E-state index < -0.39 is 5.97 Å². The Labute approximate surface area is 108 Å². The van der Waals surface area contributed by atoms with Gasteiger partial charge in [-0.05, 0) is 37.5 Å². The van der Waals surface area contributed by atoms with E-state index in [9.17, 15) is 9.59 Å². The van der Waals surface area contributed by atoms with Crippen molar-refractivity contribution in [3.63, 3.8) is 0 Å². The van der Waals surface area contributed by atoms with Gasteiger partial charge in [-0.3, -0.25) is 9.59 Å². The van der Waals surface area contributed by atoms with Crippen molar-refractivity contribution in [2.45, 2.75) is 45.4 Å². The molecule has 2 fully saturated rings. The molecule has 0 radical (unpaired) electrons. The molecule has 3 atom stereocenters. The summed E-state index contributed by atoms with van der Waals surface area (Å²) in [5.41, 5.74) is 0. The van der Waals surface area contributed by atoms with Crippen LogP contribution < -0.4 is 5.32 Å². The van der Waals surface area contributed by atoms with Crippen LogP contribution in [-0.2, 0) is 9.59 Å². The van der Waals surface area contributed by atoms with Crippen LogP contribution in [0.2, 0.25) is 0 Å². The molecule has 0 aromatic rings. The van der Waals surface area contributed by atoms with Gasteiger partial charge < -0.3 is 10.4 Å². The van der Waals surface area contributed by atoms with E-state index in [1.165, 1.54) is 25.7 Å². The summed E-state index contributed by atoms with van der Waals surface area (Å²) in [6, 6.07) is 0. The molecule has 1 amide bonds. The topological polar surface area (TPSA) is 66.4 Å². The van der Waals surface area contributed by atoms with Gasteiger partial charge in [-0.1, -0.05) is 19.8 Å². The second-order valence-electron chi connectivity index (χ2n) is 5.81. The zero-order valence-electron chi connectivity index (χ0n) is 11.0. The van der Waals surface area contributed by atoms with E-state index in [-0.39, 0.29) is 17.7 Å². The van der Waals surface area contributed by atoms with E-state index in [1.807, 2.05) is 0 Å². The fraction of sp³-hybridized carbons (Fsp3) is 0.857. The quantitative estimate of drug-likeness (QED) is 0.712. The fourth-order valence-corrected chi connectivity index (χ4v) is 3.24. The van der Waals surface area contributed by atoms with Crippen molar-refractivity contribution in [2.24, 2.45) is 23.7 Å². The van der Waals surface area contributed by atoms with Crippen molar-refractivity contribution in [1.29, 1.82) is 0 Å². The molecule has 18 heavy (non-hydrogen) atoms. The number of carboxylic acids is 1. The summed E-state index contributed by atoms with van der Waals surface area (Å²) < 4.78 is 0. The lowest BCUT2D eigenvalue weighted by Gasteiger charge is -2.07. The van der Waals surface area contributed by atoms with Gasteiger partial charge >= 0.3 is 5.97 Å². The Kier molecular flexibility index (Phi) is 4.25. The highest BCUT2D eigenvalue weighted by Crippen LogP contribution is 2.55. The first kappa shape index (κ1) is 13.4. The zero-order valence-corrected chi connectivity index (χ0v) is 11.0. The number of rotatable bonds is 6. The Balaban J connectivity index is 1.60. The molecule has 2 aliphatic rings. The van der Waals surface area contributed by atoms with Crippen LogP contribution in [0.15, 0.2) is 0 Å². The molecule has 2 N–H and O–H groups in total. The van der Waals surface area contributed by atoms with E-state index in [0.717, 1.165) is 6.42 Å². The Hall–Kier alpha value is -1.06. The third-order valence-corrected chi connectivity index (χ3v) is 4.49. The predicted octanol–water partition coefficient (Wildman–Crippen LogP) is 2.04. The van der Waals surface area contributed by atoms with Gasteiger partial charge in [0.2, 0.25) is 5.91 Å². The number of hydrogen-bond donors (Lipinski definition) is 2. The van der Waals surface area contributed by atoms with Crippen molar-refractivity contribution < 1.29 is 14.7 Å². The maximum absolute atomic E-state index is 11.9. The van der Waals surface area contributed by atoms with Crippen molar-refractivity contribution in [3.05, 3.63) is 0 Å². The molecule has 0 heterocycles. The van der Waals surface area contributed by atoms with Crippen LogP contribution in [-0.4, -0.2) is 23.5 Å². The van der Waals surface area contributed by atoms with Crippen molar-refractivity contribution in [3.8, 4) is 0 Å². The molecular weight excluding hydrogens is 230 g/mol. The van der Waals surface area contributed by atoms with Gasteiger partial charge in [0, 0.05) is 12.5 Å². The molecule has 3 unspecified atom stereocenters. The largest absolute Gasteiger partial charge is 0.481 e. The summed E-state index contributed by atoms with van der Waals surface area (Å²) in [4.78, 5) is 22.6. The van der Waals surface area contributed by atoms with Crippen molar-refractivity contribution in [2.75, 3.05) is 6.54 Å². The molecule has 0 aliphatic heterocycles. The first-order valence-electron chi connectivity index (χ1n) is 7.11. The number of amides is 1. The molecule has 2 rings (SSSR count). The van der Waals surface area contributed by atoms with Gasteiger partial charge in [0.1, 0.15) is 0 Å². The van der Waals surface area contributed by atoms with Crippen LogP contribution >= 0.6 is 0 Å². The SMILES string of the molecule is CC(CCCNC(=O)C1C2CCCCC21)C(=O)O. The standard InChI is InChI=1S/C14H23NO3/c1-9(14(17)18)5-4-8-15-13(16)12-10-6-2-3-7-11(10)12/h9-12H,2-8H2,1H3,(H,15,16)(H,17,18). The Morgan fingerprint density at radius 3 is 2.44 bits per heavy atom. The van der Waals surface area contributed by atoms with Gasteiger partial charge in [0.25, 0.3) is 0 Å². The molecule has 2 saturated carbocycles. The number of nitrogens with one attached hydrogen (secondary N) is 1. The molecule has 4 heteroatoms. The van der Waals surface area contributed by atoms with Crippen LogP contribution in [0.5, 0.6) is 0 Å². The number of hydrogen-bond acceptors (Lipinski definition) is 2. The first-order chi connectivity index (χ1) is 8.61. The summed E-state index contributed by atoms with van der Waals surface area (Å²) in [6.45, 7) is 2.33. The lowest BCUT2D eigenvalue weighted by molar-refractivity contribution is -0.141. The van der Waals surface area contributed by atoms with E-state index in [2.05, 4.69) is 5.32 Å². The van der Waals surface area contributed by atoms with Crippen LogP contribution in [0.25, 0.3) is 0 Å². The Morgan fingerprint density at radius 2 is 1.89 bits per heavy atom. The van der Waals surface area contributed by atoms with E-state index in [0.29, 0.717) is 24.8 Å². The second-order valence-corrected chi connectivity index (χ2v) is 5.81. The number of carbonyl (C=O) groups is 2. The summed E-state index contributed by atoms with van der Waals surface area (Å²) in [7, 11) is 0. The summed E-state index contributed by atoms with van der Waals surface area (Å²) in [5.74, 6) is 0.701. The predicted molar refractivity (Wildman–Crippen MR) is 68.0 cm³/mol. The minimum absolute atomic E-state index is 0.204. The van der Waals surface area contributed by atoms with Crippen LogP contribution in [0.1, 0.15) is 45.4 Å². The summed E-state index contributed by atoms with van der Waals surface area (Å²) >= 11 is 0. The van der Waals surface area contributed by atoms with Crippen LogP contribution in [0, 0.1) is 23.7 Å². The Morgan fingerprint density at radius 1 is 1.28 bits per heavy atom. The molecule has 102 valence electrons. The normalized spacial score (nSPS) is 31.3. The smallest absolute Gasteiger partial charge is 0.306 e. The van der Waals surface area contributed by atoms with E-state index >= 15 is 0 Å². The summed E-state index contributed by atoms with van der Waals surface area (Å²) in [6.07, 6.45) is 6.38. The highest BCUT2D eigenvalue weighted by molar-refractivity contribution is 5.82. The number of carboxylic acid groups (broad SMARTS) is 1. The van der Waals surface area contributed by atoms with Gasteiger partial charge in [0.15, 0.2) is 0 Å². The van der Waals surface area contributed by atoms with Gasteiger partial charge in [-0.2, -0.15) is 0 Å². The van der Waals surface area contributed by atoms with E-state index in [4.69, 9.17) is 5.11 Å². The molecule has 0 spiro atoms. The molecule has 4 nitrogen and oxygen atoms in total. The molecule has 2 aliphatic carbocycles. The first-order valence-corrected chi connectivity index (χ1v) is 7.11. The highest BCUT2D eigenvalue weighted by Gasteiger charge is 2.54. The number of aliphatic carboxylic acids is 1. The lowest BCUT2D eigenvalue weighted by atomic mass is 10.0. The Bertz CT molecular complexity index is 317. The fourth-order valence-electron chi connectivity index (χ4n) is 3.24. The average molecular weight is 253 g/mol. The summed E-state index contributed by atoms with van der Waals surface area (Å²) in [5, 5.41) is 11.7. The van der Waals surface area contributed by atoms with Crippen LogP contribution in [0.3, 0.4) is 0 Å². The van der Waals surface area contributed by atoms with Gasteiger partial charge in [-0.25, -0.2) is 0 Å². The molecular formula is C14H23NO3. The second kappa shape index (κ2) is 5.72. The van der Waals surface area contributed by atoms with Crippen LogP contribution in [0.4, 0.5) is 0 Å². The number of fused-ring (bicyclic) bond motifs is 1. The molecule has 0 saturated heterocycles. The number of carbonyl (C=O) groups excluding carboxylic acids is 1.